The fourth-order valence-electron chi connectivity index (χ4n) is 2.16. The Labute approximate surface area is 154 Å². The Bertz CT molecular complexity index is 869. The molecule has 0 aliphatic carbocycles. The molecule has 1 aromatic carbocycles. The largest absolute Gasteiger partial charge is 0.609 e. The Morgan fingerprint density at radius 1 is 1.15 bits per heavy atom. The van der Waals surface area contributed by atoms with Crippen molar-refractivity contribution in [2.45, 2.75) is 17.1 Å². The van der Waals surface area contributed by atoms with E-state index in [0.717, 1.165) is 6.07 Å². The summed E-state index contributed by atoms with van der Waals surface area (Å²) in [6, 6.07) is 11.0. The molecule has 0 amide bonds. The van der Waals surface area contributed by atoms with Crippen LogP contribution < -0.4 is 4.74 Å². The average molecular weight is 398 g/mol. The number of nitrogens with zero attached hydrogens (tertiary/aromatic N) is 2. The van der Waals surface area contributed by atoms with Gasteiger partial charge in [0.1, 0.15) is 11.5 Å². The van der Waals surface area contributed by atoms with Crippen molar-refractivity contribution in [2.24, 2.45) is 0 Å². The predicted molar refractivity (Wildman–Crippen MR) is 93.5 cm³/mol. The first kappa shape index (κ1) is 18.7. The highest BCUT2D eigenvalue weighted by Crippen LogP contribution is 2.32. The second-order valence-corrected chi connectivity index (χ2v) is 7.53. The molecule has 0 fully saturated rings. The molecule has 26 heavy (non-hydrogen) atoms. The third-order valence-electron chi connectivity index (χ3n) is 3.43. The lowest BCUT2D eigenvalue weighted by Crippen LogP contribution is -2.16. The number of rotatable bonds is 5. The molecule has 0 aliphatic rings. The minimum absolute atomic E-state index is 0.00911. The third-order valence-corrected chi connectivity index (χ3v) is 5.51. The van der Waals surface area contributed by atoms with Gasteiger partial charge in [-0.2, -0.15) is 23.1 Å². The Kier molecular flexibility index (Phi) is 5.49. The molecule has 4 nitrogen and oxygen atoms in total. The normalized spacial score (nSPS) is 12.8. The van der Waals surface area contributed by atoms with Crippen LogP contribution in [0.25, 0.3) is 10.6 Å². The van der Waals surface area contributed by atoms with E-state index in [4.69, 9.17) is 4.74 Å². The zero-order chi connectivity index (χ0) is 18.7. The standard InChI is InChI=1S/C17H13F3N2O2S2/c1-24-12-6-4-11(5-7-12)10-26(23)16-21-13(14-3-2-8-25-14)9-15(22-16)17(18,19)20/h2-9H,10H2,1H3. The van der Waals surface area contributed by atoms with Crippen LogP contribution in [0, 0.1) is 0 Å². The number of hydrogen-bond donors (Lipinski definition) is 0. The van der Waals surface area contributed by atoms with Crippen molar-refractivity contribution in [1.82, 2.24) is 9.97 Å². The third kappa shape index (κ3) is 4.35. The summed E-state index contributed by atoms with van der Waals surface area (Å²) in [6.07, 6.45) is -4.64. The van der Waals surface area contributed by atoms with Crippen LogP contribution in [-0.4, -0.2) is 21.6 Å². The summed E-state index contributed by atoms with van der Waals surface area (Å²) in [7, 11) is 1.52. The number of hydrogen-bond acceptors (Lipinski definition) is 5. The van der Waals surface area contributed by atoms with Gasteiger partial charge < -0.3 is 9.29 Å². The number of benzene rings is 1. The van der Waals surface area contributed by atoms with E-state index in [1.54, 1.807) is 41.8 Å². The molecule has 2 heterocycles. The Hall–Kier alpha value is -2.10. The van der Waals surface area contributed by atoms with Gasteiger partial charge in [-0.05, 0) is 29.6 Å². The minimum atomic E-state index is -4.64. The fourth-order valence-corrected chi connectivity index (χ4v) is 3.87. The van der Waals surface area contributed by atoms with Crippen LogP contribution in [-0.2, 0) is 23.1 Å². The first-order valence-electron chi connectivity index (χ1n) is 7.38. The minimum Gasteiger partial charge on any atom is -0.609 e. The van der Waals surface area contributed by atoms with Crippen molar-refractivity contribution < 1.29 is 22.5 Å². The Morgan fingerprint density at radius 2 is 1.88 bits per heavy atom. The first-order valence-corrected chi connectivity index (χ1v) is 9.58. The van der Waals surface area contributed by atoms with Gasteiger partial charge in [0.15, 0.2) is 5.69 Å². The highest BCUT2D eigenvalue weighted by atomic mass is 32.2. The van der Waals surface area contributed by atoms with Crippen LogP contribution in [0.4, 0.5) is 13.2 Å². The van der Waals surface area contributed by atoms with Crippen molar-refractivity contribution in [3.8, 4) is 16.3 Å². The number of ether oxygens (including phenoxy) is 1. The van der Waals surface area contributed by atoms with Crippen LogP contribution in [0.15, 0.2) is 53.0 Å². The SMILES string of the molecule is COc1ccc(C[S+]([O-])c2nc(-c3cccs3)cc(C(F)(F)F)n2)cc1. The quantitative estimate of drug-likeness (QED) is 0.468. The van der Waals surface area contributed by atoms with E-state index in [1.807, 2.05) is 0 Å². The van der Waals surface area contributed by atoms with E-state index in [1.165, 1.54) is 18.4 Å². The highest BCUT2D eigenvalue weighted by Gasteiger charge is 2.35. The lowest BCUT2D eigenvalue weighted by molar-refractivity contribution is -0.141. The van der Waals surface area contributed by atoms with Gasteiger partial charge in [0.25, 0.3) is 0 Å². The maximum absolute atomic E-state index is 13.2. The number of alkyl halides is 3. The molecule has 0 N–H and O–H groups in total. The van der Waals surface area contributed by atoms with Crippen molar-refractivity contribution in [3.05, 3.63) is 59.1 Å². The van der Waals surface area contributed by atoms with Gasteiger partial charge in [-0.1, -0.05) is 18.2 Å². The van der Waals surface area contributed by atoms with Crippen LogP contribution >= 0.6 is 11.3 Å². The molecule has 9 heteroatoms. The fraction of sp³-hybridized carbons (Fsp3) is 0.176. The smallest absolute Gasteiger partial charge is 0.433 e. The topological polar surface area (TPSA) is 58.1 Å². The Morgan fingerprint density at radius 3 is 2.46 bits per heavy atom. The summed E-state index contributed by atoms with van der Waals surface area (Å²) < 4.78 is 57.1. The van der Waals surface area contributed by atoms with E-state index < -0.39 is 23.0 Å². The van der Waals surface area contributed by atoms with E-state index in [0.29, 0.717) is 16.2 Å². The maximum atomic E-state index is 13.2. The summed E-state index contributed by atoms with van der Waals surface area (Å²) in [5, 5.41) is 1.40. The molecule has 1 unspecified atom stereocenters. The summed E-state index contributed by atoms with van der Waals surface area (Å²) in [5.41, 5.74) is -0.308. The number of methoxy groups -OCH3 is 1. The van der Waals surface area contributed by atoms with E-state index in [-0.39, 0.29) is 16.6 Å². The summed E-state index contributed by atoms with van der Waals surface area (Å²) in [6.45, 7) is 0. The average Bonchev–Trinajstić information content (AvgIpc) is 3.16. The van der Waals surface area contributed by atoms with Gasteiger partial charge in [0, 0.05) is 16.7 Å². The number of thiophene rings is 1. The first-order chi connectivity index (χ1) is 12.4. The molecule has 0 aliphatic heterocycles. The molecular weight excluding hydrogens is 385 g/mol. The second-order valence-electron chi connectivity index (χ2n) is 5.23. The number of halogens is 3. The maximum Gasteiger partial charge on any atom is 0.433 e. The van der Waals surface area contributed by atoms with Crippen molar-refractivity contribution in [2.75, 3.05) is 7.11 Å². The van der Waals surface area contributed by atoms with E-state index >= 15 is 0 Å². The molecule has 0 bridgehead atoms. The molecule has 0 radical (unpaired) electrons. The van der Waals surface area contributed by atoms with E-state index in [9.17, 15) is 17.7 Å². The Balaban J connectivity index is 1.93. The zero-order valence-electron chi connectivity index (χ0n) is 13.5. The summed E-state index contributed by atoms with van der Waals surface area (Å²) in [5.74, 6) is 0.643. The van der Waals surface area contributed by atoms with Gasteiger partial charge in [-0.3, -0.25) is 0 Å². The molecule has 0 saturated heterocycles. The molecule has 2 aromatic heterocycles. The molecule has 3 rings (SSSR count). The lowest BCUT2D eigenvalue weighted by atomic mass is 10.2. The van der Waals surface area contributed by atoms with Gasteiger partial charge in [-0.15, -0.1) is 11.3 Å². The second kappa shape index (κ2) is 7.65. The molecule has 0 saturated carbocycles. The molecule has 136 valence electrons. The van der Waals surface area contributed by atoms with Crippen molar-refractivity contribution in [3.63, 3.8) is 0 Å². The predicted octanol–water partition coefficient (Wildman–Crippen LogP) is 4.54. The van der Waals surface area contributed by atoms with E-state index in [2.05, 4.69) is 9.97 Å². The molecule has 1 atom stereocenters. The summed E-state index contributed by atoms with van der Waals surface area (Å²) >= 11 is -0.565. The van der Waals surface area contributed by atoms with Crippen molar-refractivity contribution in [1.29, 1.82) is 0 Å². The lowest BCUT2D eigenvalue weighted by Gasteiger charge is -2.12. The highest BCUT2D eigenvalue weighted by molar-refractivity contribution is 7.90. The molecular formula is C17H13F3N2O2S2. The van der Waals surface area contributed by atoms with Gasteiger partial charge >= 0.3 is 11.3 Å². The van der Waals surface area contributed by atoms with Crippen LogP contribution in [0.5, 0.6) is 5.75 Å². The summed E-state index contributed by atoms with van der Waals surface area (Å²) in [4.78, 5) is 8.14. The molecule has 0 spiro atoms. The van der Waals surface area contributed by atoms with Gasteiger partial charge in [-0.25, -0.2) is 0 Å². The number of aromatic nitrogens is 2. The zero-order valence-corrected chi connectivity index (χ0v) is 15.1. The van der Waals surface area contributed by atoms with Gasteiger partial charge in [0.05, 0.1) is 17.7 Å². The molecule has 3 aromatic rings. The van der Waals surface area contributed by atoms with Crippen LogP contribution in [0.1, 0.15) is 11.3 Å². The van der Waals surface area contributed by atoms with Crippen molar-refractivity contribution >= 4 is 22.5 Å². The monoisotopic (exact) mass is 398 g/mol. The van der Waals surface area contributed by atoms with Crippen LogP contribution in [0.2, 0.25) is 0 Å². The van der Waals surface area contributed by atoms with Gasteiger partial charge in [0.2, 0.25) is 0 Å². The van der Waals surface area contributed by atoms with Crippen LogP contribution in [0.3, 0.4) is 0 Å².